The molecular weight excluding hydrogens is 280 g/mol. The zero-order valence-corrected chi connectivity index (χ0v) is 11.4. The number of hydrogen-bond acceptors (Lipinski definition) is 5. The van der Waals surface area contributed by atoms with Gasteiger partial charge in [-0.3, -0.25) is 0 Å². The summed E-state index contributed by atoms with van der Waals surface area (Å²) >= 11 is 0. The number of nitrogens with one attached hydrogen (secondary N) is 1. The molecule has 7 nitrogen and oxygen atoms in total. The van der Waals surface area contributed by atoms with E-state index in [1.165, 1.54) is 24.4 Å². The molecule has 0 aliphatic heterocycles. The third kappa shape index (κ3) is 3.29. The third-order valence-corrected chi connectivity index (χ3v) is 3.66. The molecule has 0 bridgehead atoms. The average Bonchev–Trinajstić information content (AvgIpc) is 2.46. The van der Waals surface area contributed by atoms with Gasteiger partial charge < -0.3 is 5.21 Å². The second kappa shape index (κ2) is 5.66. The van der Waals surface area contributed by atoms with E-state index in [0.29, 0.717) is 10.5 Å². The highest BCUT2D eigenvalue weighted by Gasteiger charge is 2.12. The SMILES string of the molecule is C/C(=N/NS(=O)(=O)c1ccccc1)c1ccc[n+]([O-])n1. The minimum Gasteiger partial charge on any atom is -0.594 e. The number of benzene rings is 1. The van der Waals surface area contributed by atoms with E-state index in [2.05, 4.69) is 15.0 Å². The van der Waals surface area contributed by atoms with Crippen molar-refractivity contribution in [2.24, 2.45) is 5.10 Å². The van der Waals surface area contributed by atoms with Crippen LogP contribution in [-0.2, 0) is 10.0 Å². The van der Waals surface area contributed by atoms with E-state index >= 15 is 0 Å². The number of rotatable bonds is 4. The van der Waals surface area contributed by atoms with Crippen molar-refractivity contribution in [3.8, 4) is 0 Å². The molecule has 8 heteroatoms. The standard InChI is InChI=1S/C12H12N4O3S/c1-10(12-8-5-9-16(17)14-12)13-15-20(18,19)11-6-3-2-4-7-11/h2-9,15H,1H3/b13-10-. The Hall–Kier alpha value is -2.48. The Labute approximate surface area is 116 Å². The molecule has 1 aromatic carbocycles. The number of nitrogens with zero attached hydrogens (tertiary/aromatic N) is 3. The summed E-state index contributed by atoms with van der Waals surface area (Å²) in [5.41, 5.74) is 0.577. The van der Waals surface area contributed by atoms with Crippen LogP contribution in [0, 0.1) is 5.21 Å². The van der Waals surface area contributed by atoms with Crippen molar-refractivity contribution >= 4 is 15.7 Å². The lowest BCUT2D eigenvalue weighted by atomic mass is 10.3. The van der Waals surface area contributed by atoms with Crippen LogP contribution in [0.1, 0.15) is 12.6 Å². The fourth-order valence-corrected chi connectivity index (χ4v) is 2.29. The summed E-state index contributed by atoms with van der Waals surface area (Å²) < 4.78 is 23.9. The summed E-state index contributed by atoms with van der Waals surface area (Å²) in [6, 6.07) is 10.9. The lowest BCUT2D eigenvalue weighted by Gasteiger charge is -2.04. The number of hydrazone groups is 1. The van der Waals surface area contributed by atoms with Crippen LogP contribution < -0.4 is 9.68 Å². The number of hydrogen-bond donors (Lipinski definition) is 1. The number of aromatic nitrogens is 2. The van der Waals surface area contributed by atoms with Crippen molar-refractivity contribution < 1.29 is 13.3 Å². The van der Waals surface area contributed by atoms with Gasteiger partial charge in [0.05, 0.1) is 10.6 Å². The van der Waals surface area contributed by atoms with Gasteiger partial charge in [-0.25, -0.2) is 0 Å². The van der Waals surface area contributed by atoms with E-state index < -0.39 is 10.0 Å². The fraction of sp³-hybridized carbons (Fsp3) is 0.0833. The van der Waals surface area contributed by atoms with E-state index in [0.717, 1.165) is 0 Å². The highest BCUT2D eigenvalue weighted by Crippen LogP contribution is 2.07. The van der Waals surface area contributed by atoms with E-state index in [4.69, 9.17) is 0 Å². The van der Waals surface area contributed by atoms with Crippen molar-refractivity contribution in [2.75, 3.05) is 0 Å². The van der Waals surface area contributed by atoms with Crippen LogP contribution in [-0.4, -0.2) is 19.2 Å². The molecule has 0 spiro atoms. The molecule has 0 unspecified atom stereocenters. The summed E-state index contributed by atoms with van der Waals surface area (Å²) in [7, 11) is -3.72. The molecule has 0 radical (unpaired) electrons. The predicted molar refractivity (Wildman–Crippen MR) is 72.2 cm³/mol. The van der Waals surface area contributed by atoms with Gasteiger partial charge in [-0.2, -0.15) is 18.4 Å². The van der Waals surface area contributed by atoms with Gasteiger partial charge in [0.1, 0.15) is 0 Å². The third-order valence-electron chi connectivity index (χ3n) is 2.43. The van der Waals surface area contributed by atoms with Crippen LogP contribution in [0.3, 0.4) is 0 Å². The summed E-state index contributed by atoms with van der Waals surface area (Å²) in [5.74, 6) is 0. The molecule has 0 amide bonds. The zero-order valence-electron chi connectivity index (χ0n) is 10.6. The minimum atomic E-state index is -3.72. The normalized spacial score (nSPS) is 12.2. The molecular formula is C12H12N4O3S. The summed E-state index contributed by atoms with van der Waals surface area (Å²) in [5, 5.41) is 18.4. The van der Waals surface area contributed by atoms with Crippen molar-refractivity contribution in [2.45, 2.75) is 11.8 Å². The maximum Gasteiger partial charge on any atom is 0.276 e. The largest absolute Gasteiger partial charge is 0.594 e. The molecule has 0 aliphatic carbocycles. The van der Waals surface area contributed by atoms with E-state index in [1.807, 2.05) is 0 Å². The van der Waals surface area contributed by atoms with Crippen LogP contribution in [0.25, 0.3) is 0 Å². The fourth-order valence-electron chi connectivity index (χ4n) is 1.41. The van der Waals surface area contributed by atoms with Crippen molar-refractivity contribution in [3.05, 3.63) is 59.6 Å². The monoisotopic (exact) mass is 292 g/mol. The maximum absolute atomic E-state index is 11.9. The van der Waals surface area contributed by atoms with Crippen LogP contribution in [0.2, 0.25) is 0 Å². The van der Waals surface area contributed by atoms with Crippen molar-refractivity contribution in [1.82, 2.24) is 9.93 Å². The Bertz CT molecular complexity index is 729. The van der Waals surface area contributed by atoms with Crippen molar-refractivity contribution in [3.63, 3.8) is 0 Å². The first-order chi connectivity index (χ1) is 9.49. The highest BCUT2D eigenvalue weighted by atomic mass is 32.2. The van der Waals surface area contributed by atoms with Gasteiger partial charge in [-0.15, -0.1) is 0 Å². The second-order valence-electron chi connectivity index (χ2n) is 3.90. The van der Waals surface area contributed by atoms with Gasteiger partial charge in [0.25, 0.3) is 10.0 Å². The van der Waals surface area contributed by atoms with Crippen LogP contribution >= 0.6 is 0 Å². The molecule has 0 aliphatic rings. The first-order valence-corrected chi connectivity index (χ1v) is 7.15. The summed E-state index contributed by atoms with van der Waals surface area (Å²) in [4.78, 5) is 2.58. The average molecular weight is 292 g/mol. The molecule has 0 saturated heterocycles. The van der Waals surface area contributed by atoms with Crippen LogP contribution in [0.4, 0.5) is 0 Å². The van der Waals surface area contributed by atoms with Gasteiger partial charge in [0, 0.05) is 11.2 Å². The molecule has 2 rings (SSSR count). The van der Waals surface area contributed by atoms with Gasteiger partial charge in [-0.05, 0) is 25.1 Å². The quantitative estimate of drug-likeness (QED) is 0.382. The smallest absolute Gasteiger partial charge is 0.276 e. The Morgan fingerprint density at radius 2 is 1.95 bits per heavy atom. The number of sulfonamides is 1. The van der Waals surface area contributed by atoms with Crippen molar-refractivity contribution in [1.29, 1.82) is 0 Å². The van der Waals surface area contributed by atoms with E-state index in [1.54, 1.807) is 31.2 Å². The Morgan fingerprint density at radius 3 is 2.60 bits per heavy atom. The molecule has 1 heterocycles. The van der Waals surface area contributed by atoms with Gasteiger partial charge in [0.15, 0.2) is 5.69 Å². The molecule has 0 fully saturated rings. The Morgan fingerprint density at radius 1 is 1.25 bits per heavy atom. The molecule has 2 aromatic rings. The summed E-state index contributed by atoms with van der Waals surface area (Å²) in [6.07, 6.45) is 1.23. The summed E-state index contributed by atoms with van der Waals surface area (Å²) in [6.45, 7) is 1.55. The van der Waals surface area contributed by atoms with Crippen LogP contribution in [0.5, 0.6) is 0 Å². The first kappa shape index (κ1) is 13.9. The van der Waals surface area contributed by atoms with E-state index in [9.17, 15) is 13.6 Å². The molecule has 1 N–H and O–H groups in total. The Balaban J connectivity index is 2.21. The minimum absolute atomic E-state index is 0.108. The molecule has 104 valence electrons. The lowest BCUT2D eigenvalue weighted by Crippen LogP contribution is -2.32. The zero-order chi connectivity index (χ0) is 14.6. The molecule has 0 atom stereocenters. The Kier molecular flexibility index (Phi) is 3.94. The first-order valence-electron chi connectivity index (χ1n) is 5.67. The van der Waals surface area contributed by atoms with Crippen LogP contribution in [0.15, 0.2) is 58.7 Å². The van der Waals surface area contributed by atoms with Gasteiger partial charge in [0.2, 0.25) is 6.20 Å². The van der Waals surface area contributed by atoms with Gasteiger partial charge >= 0.3 is 0 Å². The maximum atomic E-state index is 11.9. The topological polar surface area (TPSA) is 98.4 Å². The highest BCUT2D eigenvalue weighted by molar-refractivity contribution is 7.89. The van der Waals surface area contributed by atoms with Gasteiger partial charge in [-0.1, -0.05) is 23.0 Å². The van der Waals surface area contributed by atoms with E-state index in [-0.39, 0.29) is 10.6 Å². The predicted octanol–water partition coefficient (Wildman–Crippen LogP) is 0.417. The molecule has 0 saturated carbocycles. The molecule has 1 aromatic heterocycles. The second-order valence-corrected chi connectivity index (χ2v) is 5.56. The molecule has 20 heavy (non-hydrogen) atoms. The lowest BCUT2D eigenvalue weighted by molar-refractivity contribution is -0.669.